The van der Waals surface area contributed by atoms with Gasteiger partial charge < -0.3 is 10.5 Å². The lowest BCUT2D eigenvalue weighted by Gasteiger charge is -2.32. The van der Waals surface area contributed by atoms with E-state index in [1.165, 1.54) is 16.4 Å². The Morgan fingerprint density at radius 1 is 1.50 bits per heavy atom. The predicted molar refractivity (Wildman–Crippen MR) is 65.0 cm³/mol. The van der Waals surface area contributed by atoms with Crippen molar-refractivity contribution in [3.63, 3.8) is 0 Å². The molecule has 1 aromatic rings. The van der Waals surface area contributed by atoms with E-state index in [0.717, 1.165) is 6.07 Å². The summed E-state index contributed by atoms with van der Waals surface area (Å²) < 4.78 is 44.6. The van der Waals surface area contributed by atoms with Crippen LogP contribution in [0.2, 0.25) is 0 Å². The maximum atomic E-state index is 13.3. The van der Waals surface area contributed by atoms with Gasteiger partial charge in [-0.05, 0) is 19.1 Å². The summed E-state index contributed by atoms with van der Waals surface area (Å²) >= 11 is 0. The third kappa shape index (κ3) is 2.21. The number of morpholine rings is 1. The molecule has 0 saturated carbocycles. The number of nitrogen functional groups attached to an aromatic ring is 1. The molecule has 0 unspecified atom stereocenters. The van der Waals surface area contributed by atoms with E-state index in [-0.39, 0.29) is 23.2 Å². The van der Waals surface area contributed by atoms with Gasteiger partial charge in [0, 0.05) is 12.6 Å². The molecule has 1 aliphatic rings. The van der Waals surface area contributed by atoms with Crippen LogP contribution in [0.5, 0.6) is 0 Å². The Morgan fingerprint density at radius 3 is 2.89 bits per heavy atom. The van der Waals surface area contributed by atoms with Crippen molar-refractivity contribution < 1.29 is 17.5 Å². The number of rotatable bonds is 2. The molecule has 1 aromatic carbocycles. The van der Waals surface area contributed by atoms with Crippen LogP contribution in [-0.2, 0) is 14.8 Å². The average Bonchev–Trinajstić information content (AvgIpc) is 2.32. The van der Waals surface area contributed by atoms with Crippen LogP contribution in [0.25, 0.3) is 0 Å². The maximum absolute atomic E-state index is 13.3. The van der Waals surface area contributed by atoms with Crippen LogP contribution in [-0.4, -0.2) is 38.5 Å². The largest absolute Gasteiger partial charge is 0.395 e. The van der Waals surface area contributed by atoms with Gasteiger partial charge in [-0.25, -0.2) is 12.8 Å². The van der Waals surface area contributed by atoms with Crippen LogP contribution in [0.1, 0.15) is 6.92 Å². The fourth-order valence-electron chi connectivity index (χ4n) is 1.94. The molecule has 0 aromatic heterocycles. The van der Waals surface area contributed by atoms with Gasteiger partial charge in [0.15, 0.2) is 0 Å². The zero-order valence-electron chi connectivity index (χ0n) is 9.97. The smallest absolute Gasteiger partial charge is 0.245 e. The van der Waals surface area contributed by atoms with Crippen LogP contribution in [0.3, 0.4) is 0 Å². The molecule has 1 atom stereocenters. The number of para-hydroxylation sites is 1. The first kappa shape index (κ1) is 13.3. The summed E-state index contributed by atoms with van der Waals surface area (Å²) in [5, 5.41) is 0. The Balaban J connectivity index is 2.44. The number of halogens is 1. The van der Waals surface area contributed by atoms with Crippen molar-refractivity contribution in [1.82, 2.24) is 4.31 Å². The minimum absolute atomic E-state index is 0.184. The van der Waals surface area contributed by atoms with E-state index in [4.69, 9.17) is 10.5 Å². The quantitative estimate of drug-likeness (QED) is 0.810. The Labute approximate surface area is 105 Å². The first-order valence-corrected chi connectivity index (χ1v) is 7.02. The van der Waals surface area contributed by atoms with Crippen LogP contribution in [0.4, 0.5) is 10.1 Å². The van der Waals surface area contributed by atoms with E-state index in [2.05, 4.69) is 0 Å². The summed E-state index contributed by atoms with van der Waals surface area (Å²) in [4.78, 5) is -0.184. The molecule has 5 nitrogen and oxygen atoms in total. The molecule has 18 heavy (non-hydrogen) atoms. The number of sulfonamides is 1. The van der Waals surface area contributed by atoms with Crippen molar-refractivity contribution in [2.75, 3.05) is 25.5 Å². The number of anilines is 1. The highest BCUT2D eigenvalue weighted by atomic mass is 32.2. The normalized spacial score (nSPS) is 22.0. The minimum atomic E-state index is -3.78. The number of hydrogen-bond acceptors (Lipinski definition) is 4. The molecule has 7 heteroatoms. The molecule has 1 heterocycles. The summed E-state index contributed by atoms with van der Waals surface area (Å²) in [6.45, 7) is 2.65. The van der Waals surface area contributed by atoms with Crippen molar-refractivity contribution in [2.45, 2.75) is 17.9 Å². The van der Waals surface area contributed by atoms with Crippen molar-refractivity contribution in [3.8, 4) is 0 Å². The average molecular weight is 274 g/mol. The molecule has 1 aliphatic heterocycles. The van der Waals surface area contributed by atoms with Crippen molar-refractivity contribution in [3.05, 3.63) is 24.0 Å². The first-order valence-electron chi connectivity index (χ1n) is 5.58. The van der Waals surface area contributed by atoms with E-state index in [1.807, 2.05) is 0 Å². The van der Waals surface area contributed by atoms with Crippen LogP contribution in [0, 0.1) is 5.82 Å². The van der Waals surface area contributed by atoms with Gasteiger partial charge in [0.1, 0.15) is 10.7 Å². The highest BCUT2D eigenvalue weighted by Gasteiger charge is 2.33. The molecule has 2 N–H and O–H groups in total. The van der Waals surface area contributed by atoms with E-state index < -0.39 is 15.8 Å². The molecule has 0 spiro atoms. The van der Waals surface area contributed by atoms with Crippen molar-refractivity contribution in [1.29, 1.82) is 0 Å². The molecule has 0 radical (unpaired) electrons. The molecule has 1 fully saturated rings. The molecule has 0 bridgehead atoms. The van der Waals surface area contributed by atoms with Gasteiger partial charge in [0.25, 0.3) is 0 Å². The third-order valence-electron chi connectivity index (χ3n) is 2.91. The number of hydrogen-bond donors (Lipinski definition) is 1. The number of ether oxygens (including phenoxy) is 1. The standard InChI is InChI=1S/C11H15FN2O3S/c1-8-7-17-6-5-14(8)18(15,16)10-4-2-3-9(12)11(10)13/h2-4,8H,5-7,13H2,1H3/t8-/m1/s1. The summed E-state index contributed by atoms with van der Waals surface area (Å²) in [5.41, 5.74) is 5.17. The summed E-state index contributed by atoms with van der Waals surface area (Å²) in [5.74, 6) is -0.725. The Morgan fingerprint density at radius 2 is 2.22 bits per heavy atom. The second-order valence-electron chi connectivity index (χ2n) is 4.19. The number of nitrogens with two attached hydrogens (primary N) is 1. The predicted octanol–water partition coefficient (Wildman–Crippen LogP) is 0.817. The van der Waals surface area contributed by atoms with Gasteiger partial charge >= 0.3 is 0 Å². The van der Waals surface area contributed by atoms with E-state index >= 15 is 0 Å². The summed E-state index contributed by atoms with van der Waals surface area (Å²) in [7, 11) is -3.78. The topological polar surface area (TPSA) is 72.6 Å². The highest BCUT2D eigenvalue weighted by Crippen LogP contribution is 2.26. The van der Waals surface area contributed by atoms with E-state index in [1.54, 1.807) is 6.92 Å². The molecule has 1 saturated heterocycles. The van der Waals surface area contributed by atoms with Gasteiger partial charge in [-0.2, -0.15) is 4.31 Å². The lowest BCUT2D eigenvalue weighted by molar-refractivity contribution is 0.0393. The molecule has 100 valence electrons. The Kier molecular flexibility index (Phi) is 3.56. The molecular formula is C11H15FN2O3S. The summed E-state index contributed by atoms with van der Waals surface area (Å²) in [6.07, 6.45) is 0. The first-order chi connectivity index (χ1) is 8.44. The monoisotopic (exact) mass is 274 g/mol. The maximum Gasteiger partial charge on any atom is 0.245 e. The van der Waals surface area contributed by atoms with Gasteiger partial charge in [-0.3, -0.25) is 0 Å². The third-order valence-corrected chi connectivity index (χ3v) is 4.98. The second-order valence-corrected chi connectivity index (χ2v) is 6.05. The number of nitrogens with zero attached hydrogens (tertiary/aromatic N) is 1. The van der Waals surface area contributed by atoms with E-state index in [9.17, 15) is 12.8 Å². The Bertz CT molecular complexity index is 547. The van der Waals surface area contributed by atoms with Gasteiger partial charge in [-0.1, -0.05) is 6.07 Å². The molecule has 2 rings (SSSR count). The van der Waals surface area contributed by atoms with Gasteiger partial charge in [-0.15, -0.1) is 0 Å². The van der Waals surface area contributed by atoms with Crippen LogP contribution >= 0.6 is 0 Å². The lowest BCUT2D eigenvalue weighted by atomic mass is 10.3. The van der Waals surface area contributed by atoms with E-state index in [0.29, 0.717) is 13.2 Å². The Hall–Kier alpha value is -1.18. The van der Waals surface area contributed by atoms with Crippen molar-refractivity contribution >= 4 is 15.7 Å². The summed E-state index contributed by atoms with van der Waals surface area (Å²) in [6, 6.07) is 3.50. The lowest BCUT2D eigenvalue weighted by Crippen LogP contribution is -2.47. The minimum Gasteiger partial charge on any atom is -0.395 e. The van der Waals surface area contributed by atoms with Gasteiger partial charge in [0.05, 0.1) is 18.9 Å². The van der Waals surface area contributed by atoms with Gasteiger partial charge in [0.2, 0.25) is 10.0 Å². The molecule has 0 aliphatic carbocycles. The zero-order chi connectivity index (χ0) is 13.3. The van der Waals surface area contributed by atoms with Crippen LogP contribution in [0.15, 0.2) is 23.1 Å². The highest BCUT2D eigenvalue weighted by molar-refractivity contribution is 7.89. The fourth-order valence-corrected chi connectivity index (χ4v) is 3.67. The number of benzene rings is 1. The molecule has 0 amide bonds. The fraction of sp³-hybridized carbons (Fsp3) is 0.455. The van der Waals surface area contributed by atoms with Crippen molar-refractivity contribution in [2.24, 2.45) is 0 Å². The second kappa shape index (κ2) is 4.83. The van der Waals surface area contributed by atoms with Crippen LogP contribution < -0.4 is 5.73 Å². The zero-order valence-corrected chi connectivity index (χ0v) is 10.8. The molecular weight excluding hydrogens is 259 g/mol. The SMILES string of the molecule is C[C@@H]1COCCN1S(=O)(=O)c1cccc(F)c1N.